The standard InChI is InChI=1S/C22H17F2NS/c1-16-3-2-4-20(15-16)25-22(17-5-7-18(23)8-6-17)13-14-26-21-11-9-19(24)10-12-21/h2-15H,1H3/b14-13+,25-22-. The molecule has 3 aromatic carbocycles. The monoisotopic (exact) mass is 365 g/mol. The van der Waals surface area contributed by atoms with Crippen LogP contribution in [0.25, 0.3) is 0 Å². The topological polar surface area (TPSA) is 12.4 Å². The van der Waals surface area contributed by atoms with Crippen molar-refractivity contribution in [1.29, 1.82) is 0 Å². The molecule has 0 saturated heterocycles. The molecule has 3 rings (SSSR count). The lowest BCUT2D eigenvalue weighted by Crippen LogP contribution is -1.96. The number of aryl methyl sites for hydroxylation is 1. The number of allylic oxidation sites excluding steroid dienone is 1. The van der Waals surface area contributed by atoms with Crippen LogP contribution >= 0.6 is 11.8 Å². The van der Waals surface area contributed by atoms with Crippen LogP contribution in [-0.4, -0.2) is 5.71 Å². The lowest BCUT2D eigenvalue weighted by Gasteiger charge is -2.04. The van der Waals surface area contributed by atoms with Crippen molar-refractivity contribution < 1.29 is 8.78 Å². The van der Waals surface area contributed by atoms with Gasteiger partial charge in [0.2, 0.25) is 0 Å². The summed E-state index contributed by atoms with van der Waals surface area (Å²) in [7, 11) is 0. The number of aliphatic imine (C=N–C) groups is 1. The van der Waals surface area contributed by atoms with Gasteiger partial charge >= 0.3 is 0 Å². The van der Waals surface area contributed by atoms with Gasteiger partial charge in [0, 0.05) is 10.5 Å². The van der Waals surface area contributed by atoms with Gasteiger partial charge in [0.25, 0.3) is 0 Å². The number of nitrogens with zero attached hydrogens (tertiary/aromatic N) is 1. The van der Waals surface area contributed by atoms with Crippen molar-refractivity contribution in [2.75, 3.05) is 0 Å². The van der Waals surface area contributed by atoms with Gasteiger partial charge in [0.15, 0.2) is 0 Å². The van der Waals surface area contributed by atoms with Gasteiger partial charge in [0.1, 0.15) is 11.6 Å². The lowest BCUT2D eigenvalue weighted by molar-refractivity contribution is 0.626. The molecule has 1 nitrogen and oxygen atoms in total. The third-order valence-electron chi connectivity index (χ3n) is 3.63. The number of halogens is 2. The average Bonchev–Trinajstić information content (AvgIpc) is 2.63. The van der Waals surface area contributed by atoms with E-state index in [-0.39, 0.29) is 11.6 Å². The number of hydrogen-bond donors (Lipinski definition) is 0. The fourth-order valence-electron chi connectivity index (χ4n) is 2.35. The molecule has 0 amide bonds. The average molecular weight is 365 g/mol. The van der Waals surface area contributed by atoms with Crippen LogP contribution in [0, 0.1) is 18.6 Å². The third-order valence-corrected chi connectivity index (χ3v) is 4.45. The van der Waals surface area contributed by atoms with Crippen LogP contribution in [-0.2, 0) is 0 Å². The van der Waals surface area contributed by atoms with Crippen molar-refractivity contribution in [2.45, 2.75) is 11.8 Å². The maximum atomic E-state index is 13.2. The Hall–Kier alpha value is -2.72. The van der Waals surface area contributed by atoms with Gasteiger partial charge in [-0.2, -0.15) is 0 Å². The smallest absolute Gasteiger partial charge is 0.123 e. The van der Waals surface area contributed by atoms with E-state index < -0.39 is 0 Å². The van der Waals surface area contributed by atoms with Gasteiger partial charge in [-0.05, 0) is 84.6 Å². The summed E-state index contributed by atoms with van der Waals surface area (Å²) >= 11 is 1.47. The molecule has 0 heterocycles. The molecule has 4 heteroatoms. The summed E-state index contributed by atoms with van der Waals surface area (Å²) in [6.45, 7) is 2.01. The van der Waals surface area contributed by atoms with Gasteiger partial charge in [-0.25, -0.2) is 13.8 Å². The first kappa shape index (κ1) is 18.1. The highest BCUT2D eigenvalue weighted by molar-refractivity contribution is 8.02. The van der Waals surface area contributed by atoms with Gasteiger partial charge < -0.3 is 0 Å². The highest BCUT2D eigenvalue weighted by Crippen LogP contribution is 2.21. The highest BCUT2D eigenvalue weighted by atomic mass is 32.2. The van der Waals surface area contributed by atoms with Gasteiger partial charge in [-0.3, -0.25) is 0 Å². The van der Waals surface area contributed by atoms with Crippen molar-refractivity contribution in [3.8, 4) is 0 Å². The number of benzene rings is 3. The van der Waals surface area contributed by atoms with Gasteiger partial charge in [0.05, 0.1) is 11.4 Å². The van der Waals surface area contributed by atoms with Crippen LogP contribution in [0.1, 0.15) is 11.1 Å². The maximum Gasteiger partial charge on any atom is 0.123 e. The Morgan fingerprint density at radius 2 is 1.54 bits per heavy atom. The van der Waals surface area contributed by atoms with E-state index in [9.17, 15) is 8.78 Å². The molecule has 0 bridgehead atoms. The second-order valence-electron chi connectivity index (χ2n) is 5.72. The van der Waals surface area contributed by atoms with E-state index in [0.717, 1.165) is 27.4 Å². The molecular weight excluding hydrogens is 348 g/mol. The van der Waals surface area contributed by atoms with Crippen molar-refractivity contribution in [1.82, 2.24) is 0 Å². The summed E-state index contributed by atoms with van der Waals surface area (Å²) in [5, 5.41) is 1.89. The molecule has 130 valence electrons. The lowest BCUT2D eigenvalue weighted by atomic mass is 10.1. The van der Waals surface area contributed by atoms with Crippen molar-refractivity contribution >= 4 is 23.2 Å². The Kier molecular flexibility index (Phi) is 5.97. The van der Waals surface area contributed by atoms with Crippen LogP contribution in [0.4, 0.5) is 14.5 Å². The maximum absolute atomic E-state index is 13.2. The van der Waals surface area contributed by atoms with E-state index in [1.165, 1.54) is 36.0 Å². The minimum Gasteiger partial charge on any atom is -0.248 e. The Labute approximate surface area is 156 Å². The van der Waals surface area contributed by atoms with Crippen molar-refractivity contribution in [3.63, 3.8) is 0 Å². The largest absolute Gasteiger partial charge is 0.248 e. The predicted octanol–water partition coefficient (Wildman–Crippen LogP) is 6.70. The van der Waals surface area contributed by atoms with Gasteiger partial charge in [-0.1, -0.05) is 23.9 Å². The molecule has 26 heavy (non-hydrogen) atoms. The molecule has 0 spiro atoms. The summed E-state index contributed by atoms with van der Waals surface area (Å²) in [6, 6.07) is 20.4. The third kappa shape index (κ3) is 5.14. The summed E-state index contributed by atoms with van der Waals surface area (Å²) in [5.41, 5.74) is 3.50. The van der Waals surface area contributed by atoms with Crippen LogP contribution < -0.4 is 0 Å². The first-order chi connectivity index (χ1) is 12.6. The molecule has 0 aliphatic heterocycles. The molecule has 0 aliphatic rings. The van der Waals surface area contributed by atoms with E-state index in [1.807, 2.05) is 42.7 Å². The molecule has 0 aromatic heterocycles. The zero-order chi connectivity index (χ0) is 18.4. The summed E-state index contributed by atoms with van der Waals surface area (Å²) < 4.78 is 26.2. The Morgan fingerprint density at radius 3 is 2.19 bits per heavy atom. The van der Waals surface area contributed by atoms with E-state index in [0.29, 0.717) is 0 Å². The summed E-state index contributed by atoms with van der Waals surface area (Å²) in [5.74, 6) is -0.542. The number of rotatable bonds is 5. The Balaban J connectivity index is 1.88. The number of hydrogen-bond acceptors (Lipinski definition) is 2. The summed E-state index contributed by atoms with van der Waals surface area (Å²) in [4.78, 5) is 5.63. The highest BCUT2D eigenvalue weighted by Gasteiger charge is 2.02. The van der Waals surface area contributed by atoms with Crippen LogP contribution in [0.3, 0.4) is 0 Å². The predicted molar refractivity (Wildman–Crippen MR) is 105 cm³/mol. The van der Waals surface area contributed by atoms with E-state index >= 15 is 0 Å². The Bertz CT molecular complexity index is 929. The van der Waals surface area contributed by atoms with Crippen molar-refractivity contribution in [2.24, 2.45) is 4.99 Å². The minimum atomic E-state index is -0.284. The number of thioether (sulfide) groups is 1. The second-order valence-corrected chi connectivity index (χ2v) is 6.70. The zero-order valence-electron chi connectivity index (χ0n) is 14.2. The normalized spacial score (nSPS) is 11.9. The van der Waals surface area contributed by atoms with Crippen LogP contribution in [0.15, 0.2) is 94.2 Å². The molecule has 0 unspecified atom stereocenters. The minimum absolute atomic E-state index is 0.258. The molecule has 0 aliphatic carbocycles. The molecule has 0 radical (unpaired) electrons. The van der Waals surface area contributed by atoms with Crippen LogP contribution in [0.2, 0.25) is 0 Å². The molecule has 0 N–H and O–H groups in total. The molecular formula is C22H17F2NS. The SMILES string of the molecule is Cc1cccc(/N=C(/C=C/Sc2ccc(F)cc2)c2ccc(F)cc2)c1. The zero-order valence-corrected chi connectivity index (χ0v) is 15.0. The van der Waals surface area contributed by atoms with Gasteiger partial charge in [-0.15, -0.1) is 0 Å². The molecule has 0 saturated carbocycles. The second kappa shape index (κ2) is 8.59. The molecule has 3 aromatic rings. The molecule has 0 atom stereocenters. The first-order valence-corrected chi connectivity index (χ1v) is 8.98. The quantitative estimate of drug-likeness (QED) is 0.362. The fraction of sp³-hybridized carbons (Fsp3) is 0.0455. The van der Waals surface area contributed by atoms with Crippen molar-refractivity contribution in [3.05, 3.63) is 107 Å². The van der Waals surface area contributed by atoms with E-state index in [1.54, 1.807) is 24.3 Å². The molecule has 0 fully saturated rings. The Morgan fingerprint density at radius 1 is 0.885 bits per heavy atom. The van der Waals surface area contributed by atoms with Crippen LogP contribution in [0.5, 0.6) is 0 Å². The first-order valence-electron chi connectivity index (χ1n) is 8.10. The fourth-order valence-corrected chi connectivity index (χ4v) is 2.99. The summed E-state index contributed by atoms with van der Waals surface area (Å²) in [6.07, 6.45) is 1.88. The van der Waals surface area contributed by atoms with E-state index in [2.05, 4.69) is 0 Å². The van der Waals surface area contributed by atoms with E-state index in [4.69, 9.17) is 4.99 Å².